The summed E-state index contributed by atoms with van der Waals surface area (Å²) in [6, 6.07) is 0. The highest BCUT2D eigenvalue weighted by molar-refractivity contribution is 5.86. The summed E-state index contributed by atoms with van der Waals surface area (Å²) in [5.41, 5.74) is 5.75. The van der Waals surface area contributed by atoms with Gasteiger partial charge in [0.2, 0.25) is 5.91 Å². The Bertz CT molecular complexity index is 187. The van der Waals surface area contributed by atoms with Crippen molar-refractivity contribution in [1.82, 2.24) is 0 Å². The highest BCUT2D eigenvalue weighted by Gasteiger charge is 2.15. The van der Waals surface area contributed by atoms with Crippen LogP contribution in [0.25, 0.3) is 0 Å². The molecule has 1 fully saturated rings. The maximum Gasteiger partial charge on any atom is 0.241 e. The van der Waals surface area contributed by atoms with Gasteiger partial charge >= 0.3 is 0 Å². The molecule has 1 unspecified atom stereocenters. The minimum Gasteiger partial charge on any atom is -0.389 e. The highest BCUT2D eigenvalue weighted by atomic mass is 16.3. The largest absolute Gasteiger partial charge is 0.389 e. The molecule has 0 saturated heterocycles. The Labute approximate surface area is 65.9 Å². The predicted molar refractivity (Wildman–Crippen MR) is 41.8 cm³/mol. The normalized spacial score (nSPS) is 28.8. The van der Waals surface area contributed by atoms with Crippen molar-refractivity contribution in [3.63, 3.8) is 0 Å². The van der Waals surface area contributed by atoms with Gasteiger partial charge in [0.1, 0.15) is 0 Å². The molecule has 0 aromatic carbocycles. The molecule has 62 valence electrons. The van der Waals surface area contributed by atoms with Gasteiger partial charge in [0.25, 0.3) is 0 Å². The smallest absolute Gasteiger partial charge is 0.241 e. The van der Waals surface area contributed by atoms with Crippen LogP contribution in [-0.2, 0) is 4.79 Å². The van der Waals surface area contributed by atoms with Crippen LogP contribution < -0.4 is 5.73 Å². The van der Waals surface area contributed by atoms with E-state index in [1.807, 2.05) is 0 Å². The predicted octanol–water partition coefficient (Wildman–Crippen LogP) is 0.333. The third-order valence-corrected chi connectivity index (χ3v) is 1.95. The van der Waals surface area contributed by atoms with Crippen LogP contribution in [0.15, 0.2) is 11.6 Å². The molecular formula is C8H13NO2. The van der Waals surface area contributed by atoms with Crippen molar-refractivity contribution in [3.05, 3.63) is 11.6 Å². The molecule has 0 spiro atoms. The minimum absolute atomic E-state index is 0.434. The summed E-state index contributed by atoms with van der Waals surface area (Å²) in [6.45, 7) is 0. The van der Waals surface area contributed by atoms with Crippen LogP contribution in [0.4, 0.5) is 0 Å². The Morgan fingerprint density at radius 3 is 2.91 bits per heavy atom. The van der Waals surface area contributed by atoms with Crippen molar-refractivity contribution in [2.75, 3.05) is 0 Å². The number of rotatable bonds is 1. The topological polar surface area (TPSA) is 63.3 Å². The van der Waals surface area contributed by atoms with E-state index < -0.39 is 12.0 Å². The van der Waals surface area contributed by atoms with Crippen molar-refractivity contribution in [3.8, 4) is 0 Å². The molecule has 0 radical (unpaired) electrons. The number of primary amides is 1. The highest BCUT2D eigenvalue weighted by Crippen LogP contribution is 2.22. The summed E-state index contributed by atoms with van der Waals surface area (Å²) in [6.07, 6.45) is 4.58. The first-order chi connectivity index (χ1) is 5.20. The molecule has 0 bridgehead atoms. The summed E-state index contributed by atoms with van der Waals surface area (Å²) in [7, 11) is 0. The van der Waals surface area contributed by atoms with Crippen LogP contribution in [0.2, 0.25) is 0 Å². The van der Waals surface area contributed by atoms with Crippen molar-refractivity contribution in [2.45, 2.75) is 31.8 Å². The molecular weight excluding hydrogens is 142 g/mol. The number of carbonyl (C=O) groups excluding carboxylic acids is 1. The van der Waals surface area contributed by atoms with Gasteiger partial charge in [-0.3, -0.25) is 4.79 Å². The van der Waals surface area contributed by atoms with E-state index >= 15 is 0 Å². The number of nitrogens with two attached hydrogens (primary N) is 1. The molecule has 3 N–H and O–H groups in total. The maximum absolute atomic E-state index is 10.4. The average molecular weight is 155 g/mol. The fraction of sp³-hybridized carbons (Fsp3) is 0.625. The van der Waals surface area contributed by atoms with Crippen molar-refractivity contribution in [1.29, 1.82) is 0 Å². The van der Waals surface area contributed by atoms with E-state index in [2.05, 4.69) is 0 Å². The molecule has 0 aromatic heterocycles. The van der Waals surface area contributed by atoms with Crippen molar-refractivity contribution < 1.29 is 9.90 Å². The van der Waals surface area contributed by atoms with Crippen LogP contribution in [0.3, 0.4) is 0 Å². The zero-order valence-electron chi connectivity index (χ0n) is 6.42. The zero-order valence-corrected chi connectivity index (χ0v) is 6.42. The second-order valence-corrected chi connectivity index (χ2v) is 2.88. The fourth-order valence-corrected chi connectivity index (χ4v) is 1.37. The Kier molecular flexibility index (Phi) is 2.65. The second-order valence-electron chi connectivity index (χ2n) is 2.88. The zero-order chi connectivity index (χ0) is 8.27. The van der Waals surface area contributed by atoms with Crippen LogP contribution in [-0.4, -0.2) is 17.1 Å². The lowest BCUT2D eigenvalue weighted by Gasteiger charge is -2.19. The van der Waals surface area contributed by atoms with E-state index in [-0.39, 0.29) is 0 Å². The first kappa shape index (κ1) is 8.27. The Hall–Kier alpha value is -0.830. The SMILES string of the molecule is NC(=O)/C=C1\CCCCC1O. The third-order valence-electron chi connectivity index (χ3n) is 1.95. The van der Waals surface area contributed by atoms with Gasteiger partial charge in [-0.1, -0.05) is 6.42 Å². The van der Waals surface area contributed by atoms with Crippen LogP contribution in [0.5, 0.6) is 0 Å². The summed E-state index contributed by atoms with van der Waals surface area (Å²) in [5, 5.41) is 9.34. The van der Waals surface area contributed by atoms with E-state index in [1.165, 1.54) is 6.08 Å². The fourth-order valence-electron chi connectivity index (χ4n) is 1.37. The van der Waals surface area contributed by atoms with Gasteiger partial charge in [-0.15, -0.1) is 0 Å². The van der Waals surface area contributed by atoms with Gasteiger partial charge in [-0.05, 0) is 24.8 Å². The first-order valence-corrected chi connectivity index (χ1v) is 3.88. The van der Waals surface area contributed by atoms with Crippen LogP contribution in [0, 0.1) is 0 Å². The Morgan fingerprint density at radius 1 is 1.64 bits per heavy atom. The van der Waals surface area contributed by atoms with Crippen molar-refractivity contribution >= 4 is 5.91 Å². The van der Waals surface area contributed by atoms with E-state index in [0.29, 0.717) is 0 Å². The lowest BCUT2D eigenvalue weighted by molar-refractivity contribution is -0.113. The molecule has 3 nitrogen and oxygen atoms in total. The monoisotopic (exact) mass is 155 g/mol. The summed E-state index contributed by atoms with van der Waals surface area (Å²) in [5.74, 6) is -0.457. The third kappa shape index (κ3) is 2.35. The molecule has 1 amide bonds. The van der Waals surface area contributed by atoms with E-state index in [4.69, 9.17) is 5.73 Å². The average Bonchev–Trinajstić information content (AvgIpc) is 1.93. The van der Waals surface area contributed by atoms with E-state index in [9.17, 15) is 9.90 Å². The van der Waals surface area contributed by atoms with E-state index in [0.717, 1.165) is 31.3 Å². The minimum atomic E-state index is -0.457. The molecule has 0 aromatic rings. The molecule has 1 atom stereocenters. The number of hydrogen-bond acceptors (Lipinski definition) is 2. The van der Waals surface area contributed by atoms with Crippen LogP contribution in [0.1, 0.15) is 25.7 Å². The van der Waals surface area contributed by atoms with Gasteiger partial charge in [0, 0.05) is 6.08 Å². The maximum atomic E-state index is 10.4. The van der Waals surface area contributed by atoms with Gasteiger partial charge in [0.05, 0.1) is 6.10 Å². The number of amides is 1. The molecule has 1 aliphatic rings. The summed E-state index contributed by atoms with van der Waals surface area (Å²) in [4.78, 5) is 10.4. The van der Waals surface area contributed by atoms with Crippen molar-refractivity contribution in [2.24, 2.45) is 5.73 Å². The number of aliphatic hydroxyl groups is 1. The molecule has 3 heteroatoms. The molecule has 1 rings (SSSR count). The Morgan fingerprint density at radius 2 is 2.36 bits per heavy atom. The molecule has 1 saturated carbocycles. The number of hydrogen-bond donors (Lipinski definition) is 2. The second kappa shape index (κ2) is 3.53. The standard InChI is InChI=1S/C8H13NO2/c9-8(11)5-6-3-1-2-4-7(6)10/h5,7,10H,1-4H2,(H2,9,11)/b6-5+. The van der Waals surface area contributed by atoms with Gasteiger partial charge in [-0.25, -0.2) is 0 Å². The Balaban J connectivity index is 2.60. The molecule has 0 aliphatic heterocycles. The number of carbonyl (C=O) groups is 1. The first-order valence-electron chi connectivity index (χ1n) is 3.88. The molecule has 11 heavy (non-hydrogen) atoms. The van der Waals surface area contributed by atoms with Gasteiger partial charge in [0.15, 0.2) is 0 Å². The summed E-state index contributed by atoms with van der Waals surface area (Å²) < 4.78 is 0. The van der Waals surface area contributed by atoms with Gasteiger partial charge < -0.3 is 10.8 Å². The quantitative estimate of drug-likeness (QED) is 0.536. The van der Waals surface area contributed by atoms with Crippen LogP contribution >= 0.6 is 0 Å². The lowest BCUT2D eigenvalue weighted by atomic mass is 9.92. The molecule has 0 heterocycles. The number of aliphatic hydroxyl groups excluding tert-OH is 1. The van der Waals surface area contributed by atoms with Gasteiger partial charge in [-0.2, -0.15) is 0 Å². The lowest BCUT2D eigenvalue weighted by Crippen LogP contribution is -2.18. The molecule has 1 aliphatic carbocycles. The summed E-state index contributed by atoms with van der Waals surface area (Å²) >= 11 is 0. The van der Waals surface area contributed by atoms with E-state index in [1.54, 1.807) is 0 Å².